The van der Waals surface area contributed by atoms with Gasteiger partial charge in [0.05, 0.1) is 12.9 Å². The van der Waals surface area contributed by atoms with Gasteiger partial charge < -0.3 is 4.74 Å². The minimum absolute atomic E-state index is 0.384. The van der Waals surface area contributed by atoms with Crippen molar-refractivity contribution in [2.75, 3.05) is 13.2 Å². The molecule has 2 heteroatoms. The van der Waals surface area contributed by atoms with Crippen molar-refractivity contribution in [1.82, 2.24) is 0 Å². The topological polar surface area (TPSA) is 9.23 Å². The standard InChI is InChI=1S/C7H13FO.C2H6/c1-7(2)6-9-5-3-4-8;1-2/h3-4,7H,5-6H2,1-2H3;1-2H3/b4-3+;. The molecule has 1 nitrogen and oxygen atoms in total. The van der Waals surface area contributed by atoms with Crippen molar-refractivity contribution in [3.05, 3.63) is 12.4 Å². The second-order valence-corrected chi connectivity index (χ2v) is 2.29. The van der Waals surface area contributed by atoms with Gasteiger partial charge in [-0.25, -0.2) is 4.39 Å². The van der Waals surface area contributed by atoms with Gasteiger partial charge in [0.1, 0.15) is 0 Å². The fourth-order valence-electron chi connectivity index (χ4n) is 0.408. The summed E-state index contributed by atoms with van der Waals surface area (Å²) in [6, 6.07) is 0. The van der Waals surface area contributed by atoms with Crippen LogP contribution < -0.4 is 0 Å². The molecule has 0 aliphatic carbocycles. The average molecular weight is 162 g/mol. The first-order chi connectivity index (χ1) is 5.27. The summed E-state index contributed by atoms with van der Waals surface area (Å²) in [6.07, 6.45) is 1.85. The van der Waals surface area contributed by atoms with Crippen LogP contribution >= 0.6 is 0 Å². The van der Waals surface area contributed by atoms with Crippen LogP contribution in [0, 0.1) is 5.92 Å². The predicted octanol–water partition coefficient (Wildman–Crippen LogP) is 3.17. The van der Waals surface area contributed by atoms with E-state index < -0.39 is 0 Å². The van der Waals surface area contributed by atoms with Gasteiger partial charge in [-0.05, 0) is 12.0 Å². The van der Waals surface area contributed by atoms with Crippen LogP contribution in [-0.2, 0) is 4.74 Å². The first kappa shape index (κ1) is 13.2. The fraction of sp³-hybridized carbons (Fsp3) is 0.778. The second kappa shape index (κ2) is 12.3. The number of halogens is 1. The molecule has 0 N–H and O–H groups in total. The van der Waals surface area contributed by atoms with Crippen LogP contribution in [0.25, 0.3) is 0 Å². The van der Waals surface area contributed by atoms with Crippen LogP contribution in [-0.4, -0.2) is 13.2 Å². The van der Waals surface area contributed by atoms with Crippen molar-refractivity contribution < 1.29 is 9.13 Å². The van der Waals surface area contributed by atoms with Crippen LogP contribution in [0.1, 0.15) is 27.7 Å². The van der Waals surface area contributed by atoms with Gasteiger partial charge in [-0.1, -0.05) is 27.7 Å². The number of rotatable bonds is 4. The number of ether oxygens (including phenoxy) is 1. The van der Waals surface area contributed by atoms with E-state index in [2.05, 4.69) is 13.8 Å². The molecule has 11 heavy (non-hydrogen) atoms. The van der Waals surface area contributed by atoms with Crippen molar-refractivity contribution in [3.8, 4) is 0 Å². The predicted molar refractivity (Wildman–Crippen MR) is 47.3 cm³/mol. The fourth-order valence-corrected chi connectivity index (χ4v) is 0.408. The molecule has 0 amide bonds. The third kappa shape index (κ3) is 17.7. The molecule has 0 aromatic heterocycles. The molecule has 68 valence electrons. The molecule has 0 rings (SSSR count). The Balaban J connectivity index is 0. The highest BCUT2D eigenvalue weighted by Gasteiger charge is 1.89. The maximum absolute atomic E-state index is 11.3. The maximum atomic E-state index is 11.3. The van der Waals surface area contributed by atoms with E-state index in [-0.39, 0.29) is 0 Å². The van der Waals surface area contributed by atoms with Crippen molar-refractivity contribution in [1.29, 1.82) is 0 Å². The summed E-state index contributed by atoms with van der Waals surface area (Å²) in [4.78, 5) is 0. The monoisotopic (exact) mass is 162 g/mol. The van der Waals surface area contributed by atoms with E-state index in [0.29, 0.717) is 25.5 Å². The van der Waals surface area contributed by atoms with Crippen LogP contribution in [0.15, 0.2) is 12.4 Å². The molecule has 0 radical (unpaired) electrons. The van der Waals surface area contributed by atoms with Gasteiger partial charge in [0, 0.05) is 6.61 Å². The van der Waals surface area contributed by atoms with Gasteiger partial charge in [-0.15, -0.1) is 0 Å². The summed E-state index contributed by atoms with van der Waals surface area (Å²) >= 11 is 0. The maximum Gasteiger partial charge on any atom is 0.0849 e. The minimum atomic E-state index is 0.384. The highest BCUT2D eigenvalue weighted by atomic mass is 19.1. The van der Waals surface area contributed by atoms with E-state index in [1.807, 2.05) is 13.8 Å². The van der Waals surface area contributed by atoms with E-state index in [9.17, 15) is 4.39 Å². The zero-order chi connectivity index (χ0) is 9.11. The molecular weight excluding hydrogens is 143 g/mol. The molecule has 0 bridgehead atoms. The zero-order valence-electron chi connectivity index (χ0n) is 7.93. The van der Waals surface area contributed by atoms with Gasteiger partial charge in [0.2, 0.25) is 0 Å². The number of hydrogen-bond acceptors (Lipinski definition) is 1. The highest BCUT2D eigenvalue weighted by Crippen LogP contribution is 1.91. The van der Waals surface area contributed by atoms with Gasteiger partial charge in [-0.2, -0.15) is 0 Å². The lowest BCUT2D eigenvalue weighted by atomic mass is 10.2. The molecule has 0 aliphatic rings. The Labute approximate surface area is 69.3 Å². The molecule has 0 aliphatic heterocycles. The zero-order valence-corrected chi connectivity index (χ0v) is 7.93. The Hall–Kier alpha value is -0.370. The molecular formula is C9H19FO. The normalized spacial score (nSPS) is 10.0. The molecule has 0 aromatic carbocycles. The Morgan fingerprint density at radius 2 is 1.91 bits per heavy atom. The summed E-state index contributed by atoms with van der Waals surface area (Å²) < 4.78 is 16.3. The van der Waals surface area contributed by atoms with Crippen LogP contribution in [0.2, 0.25) is 0 Å². The summed E-state index contributed by atoms with van der Waals surface area (Å²) in [5.41, 5.74) is 0. The van der Waals surface area contributed by atoms with E-state index in [4.69, 9.17) is 4.74 Å². The van der Waals surface area contributed by atoms with Gasteiger partial charge in [-0.3, -0.25) is 0 Å². The molecule has 0 fully saturated rings. The van der Waals surface area contributed by atoms with Crippen molar-refractivity contribution in [3.63, 3.8) is 0 Å². The van der Waals surface area contributed by atoms with E-state index in [1.54, 1.807) is 0 Å². The summed E-state index contributed by atoms with van der Waals surface area (Å²) in [5.74, 6) is 0.526. The van der Waals surface area contributed by atoms with Crippen molar-refractivity contribution in [2.45, 2.75) is 27.7 Å². The minimum Gasteiger partial charge on any atom is -0.377 e. The highest BCUT2D eigenvalue weighted by molar-refractivity contribution is 4.70. The molecule has 0 saturated carbocycles. The third-order valence-corrected chi connectivity index (χ3v) is 0.754. The largest absolute Gasteiger partial charge is 0.377 e. The Morgan fingerprint density at radius 3 is 2.27 bits per heavy atom. The SMILES string of the molecule is CC.CC(C)COC/C=C/F. The average Bonchev–Trinajstić information content (AvgIpc) is 2.02. The molecule has 0 spiro atoms. The first-order valence-electron chi connectivity index (χ1n) is 4.10. The molecule has 0 atom stereocenters. The van der Waals surface area contributed by atoms with Crippen molar-refractivity contribution in [2.24, 2.45) is 5.92 Å². The summed E-state index contributed by atoms with van der Waals surface area (Å²) in [6.45, 7) is 9.19. The lowest BCUT2D eigenvalue weighted by molar-refractivity contribution is 0.134. The van der Waals surface area contributed by atoms with Crippen LogP contribution in [0.4, 0.5) is 4.39 Å². The first-order valence-corrected chi connectivity index (χ1v) is 4.10. The Morgan fingerprint density at radius 1 is 1.36 bits per heavy atom. The van der Waals surface area contributed by atoms with E-state index >= 15 is 0 Å². The van der Waals surface area contributed by atoms with E-state index in [1.165, 1.54) is 6.08 Å². The van der Waals surface area contributed by atoms with Gasteiger partial charge in [0.15, 0.2) is 0 Å². The van der Waals surface area contributed by atoms with Crippen molar-refractivity contribution >= 4 is 0 Å². The number of hydrogen-bond donors (Lipinski definition) is 0. The lowest BCUT2D eigenvalue weighted by Crippen LogP contribution is -2.00. The van der Waals surface area contributed by atoms with Gasteiger partial charge in [0.25, 0.3) is 0 Å². The van der Waals surface area contributed by atoms with Crippen LogP contribution in [0.5, 0.6) is 0 Å². The molecule has 0 aromatic rings. The Kier molecular flexibility index (Phi) is 14.8. The summed E-state index contributed by atoms with van der Waals surface area (Å²) in [7, 11) is 0. The third-order valence-electron chi connectivity index (χ3n) is 0.754. The smallest absolute Gasteiger partial charge is 0.0849 e. The summed E-state index contributed by atoms with van der Waals surface area (Å²) in [5, 5.41) is 0. The Bertz CT molecular complexity index is 79.6. The second-order valence-electron chi connectivity index (χ2n) is 2.29. The molecule has 0 saturated heterocycles. The van der Waals surface area contributed by atoms with Gasteiger partial charge >= 0.3 is 0 Å². The molecule has 0 heterocycles. The van der Waals surface area contributed by atoms with Crippen LogP contribution in [0.3, 0.4) is 0 Å². The van der Waals surface area contributed by atoms with E-state index in [0.717, 1.165) is 0 Å². The lowest BCUT2D eigenvalue weighted by Gasteiger charge is -2.02. The quantitative estimate of drug-likeness (QED) is 0.577. The molecule has 0 unspecified atom stereocenters.